The first kappa shape index (κ1) is 21.8. The molecular weight excluding hydrogens is 430 g/mol. The second-order valence-corrected chi connectivity index (χ2v) is 8.38. The monoisotopic (exact) mass is 455 g/mol. The van der Waals surface area contributed by atoms with Crippen molar-refractivity contribution in [3.8, 4) is 5.75 Å². The van der Waals surface area contributed by atoms with Crippen molar-refractivity contribution in [2.75, 3.05) is 36.0 Å². The van der Waals surface area contributed by atoms with Gasteiger partial charge in [-0.05, 0) is 60.7 Å². The van der Waals surface area contributed by atoms with E-state index < -0.39 is 6.04 Å². The molecular formula is C26H25N5O3. The van der Waals surface area contributed by atoms with Crippen LogP contribution in [0, 0.1) is 0 Å². The molecule has 3 aromatic rings. The Hall–Kier alpha value is -4.04. The Labute approximate surface area is 197 Å². The minimum atomic E-state index is -0.438. The third-order valence-electron chi connectivity index (χ3n) is 6.24. The van der Waals surface area contributed by atoms with Gasteiger partial charge in [-0.25, -0.2) is 4.90 Å². The highest BCUT2D eigenvalue weighted by atomic mass is 16.3. The first-order chi connectivity index (χ1) is 16.6. The standard InChI is InChI=1S/C26H25N5O3/c32-23-12-10-21(11-13-23)29-14-16-30(17-15-29)24-18-25(33)31(26(24)34)22-8-6-20(7-9-22)28-27-19-4-2-1-3-5-19/h1-13,24,32H,14-18H2. The Kier molecular flexibility index (Phi) is 6.05. The van der Waals surface area contributed by atoms with E-state index in [2.05, 4.69) is 20.0 Å². The Morgan fingerprint density at radius 2 is 1.29 bits per heavy atom. The number of hydrogen-bond donors (Lipinski definition) is 1. The lowest BCUT2D eigenvalue weighted by Crippen LogP contribution is -2.52. The van der Waals surface area contributed by atoms with Gasteiger partial charge in [-0.15, -0.1) is 0 Å². The van der Waals surface area contributed by atoms with Crippen LogP contribution in [-0.4, -0.2) is 54.0 Å². The highest BCUT2D eigenvalue weighted by molar-refractivity contribution is 6.22. The molecule has 2 heterocycles. The van der Waals surface area contributed by atoms with Crippen LogP contribution < -0.4 is 9.80 Å². The summed E-state index contributed by atoms with van der Waals surface area (Å²) in [5, 5.41) is 17.9. The van der Waals surface area contributed by atoms with E-state index >= 15 is 0 Å². The molecule has 0 bridgehead atoms. The zero-order chi connectivity index (χ0) is 23.5. The fourth-order valence-corrected chi connectivity index (χ4v) is 4.41. The molecule has 0 saturated carbocycles. The fourth-order valence-electron chi connectivity index (χ4n) is 4.41. The SMILES string of the molecule is O=C1CC(N2CCN(c3ccc(O)cc3)CC2)C(=O)N1c1ccc(N=Nc2ccccc2)cc1. The molecule has 1 unspecified atom stereocenters. The molecule has 3 aromatic carbocycles. The lowest BCUT2D eigenvalue weighted by atomic mass is 10.1. The molecule has 1 N–H and O–H groups in total. The van der Waals surface area contributed by atoms with E-state index in [1.54, 1.807) is 36.4 Å². The van der Waals surface area contributed by atoms with Crippen LogP contribution in [0.2, 0.25) is 0 Å². The number of imide groups is 1. The Morgan fingerprint density at radius 1 is 0.706 bits per heavy atom. The van der Waals surface area contributed by atoms with Gasteiger partial charge in [0.1, 0.15) is 5.75 Å². The molecule has 2 aliphatic rings. The average molecular weight is 456 g/mol. The first-order valence-corrected chi connectivity index (χ1v) is 11.3. The van der Waals surface area contributed by atoms with Gasteiger partial charge in [0.25, 0.3) is 5.91 Å². The van der Waals surface area contributed by atoms with Gasteiger partial charge in [0.15, 0.2) is 0 Å². The van der Waals surface area contributed by atoms with E-state index in [4.69, 9.17) is 0 Å². The molecule has 8 nitrogen and oxygen atoms in total. The van der Waals surface area contributed by atoms with Crippen molar-refractivity contribution < 1.29 is 14.7 Å². The topological polar surface area (TPSA) is 88.8 Å². The number of phenolic OH excluding ortho intramolecular Hbond substituents is 1. The number of amides is 2. The molecule has 2 fully saturated rings. The summed E-state index contributed by atoms with van der Waals surface area (Å²) in [7, 11) is 0. The summed E-state index contributed by atoms with van der Waals surface area (Å²) in [6, 6.07) is 23.1. The summed E-state index contributed by atoms with van der Waals surface area (Å²) >= 11 is 0. The van der Waals surface area contributed by atoms with Crippen molar-refractivity contribution in [1.82, 2.24) is 4.90 Å². The highest BCUT2D eigenvalue weighted by Gasteiger charge is 2.43. The minimum absolute atomic E-state index is 0.179. The summed E-state index contributed by atoms with van der Waals surface area (Å²) in [6.07, 6.45) is 0.188. The van der Waals surface area contributed by atoms with E-state index in [0.29, 0.717) is 24.5 Å². The Balaban J connectivity index is 1.22. The first-order valence-electron chi connectivity index (χ1n) is 11.3. The highest BCUT2D eigenvalue weighted by Crippen LogP contribution is 2.29. The second kappa shape index (κ2) is 9.44. The van der Waals surface area contributed by atoms with Gasteiger partial charge in [0.2, 0.25) is 5.91 Å². The molecule has 1 atom stereocenters. The minimum Gasteiger partial charge on any atom is -0.508 e. The van der Waals surface area contributed by atoms with E-state index in [1.807, 2.05) is 42.5 Å². The van der Waals surface area contributed by atoms with Crippen LogP contribution in [0.3, 0.4) is 0 Å². The molecule has 0 spiro atoms. The van der Waals surface area contributed by atoms with Crippen LogP contribution >= 0.6 is 0 Å². The van der Waals surface area contributed by atoms with Gasteiger partial charge in [-0.2, -0.15) is 10.2 Å². The van der Waals surface area contributed by atoms with Crippen LogP contribution in [0.1, 0.15) is 6.42 Å². The average Bonchev–Trinajstić information content (AvgIpc) is 3.18. The molecule has 0 aliphatic carbocycles. The number of carbonyl (C=O) groups excluding carboxylic acids is 2. The van der Waals surface area contributed by atoms with Crippen LogP contribution in [0.15, 0.2) is 89.1 Å². The summed E-state index contributed by atoms with van der Waals surface area (Å²) < 4.78 is 0. The molecule has 0 radical (unpaired) electrons. The number of piperazine rings is 1. The number of rotatable bonds is 5. The normalized spacial score (nSPS) is 19.4. The van der Waals surface area contributed by atoms with Crippen molar-refractivity contribution in [2.24, 2.45) is 10.2 Å². The van der Waals surface area contributed by atoms with E-state index in [9.17, 15) is 14.7 Å². The van der Waals surface area contributed by atoms with Crippen molar-refractivity contribution in [3.05, 3.63) is 78.9 Å². The van der Waals surface area contributed by atoms with Crippen LogP contribution in [0.4, 0.5) is 22.7 Å². The Bertz CT molecular complexity index is 1190. The van der Waals surface area contributed by atoms with Crippen molar-refractivity contribution >= 4 is 34.6 Å². The predicted molar refractivity (Wildman–Crippen MR) is 130 cm³/mol. The number of phenols is 1. The van der Waals surface area contributed by atoms with E-state index in [1.165, 1.54) is 4.90 Å². The van der Waals surface area contributed by atoms with Crippen molar-refractivity contribution in [3.63, 3.8) is 0 Å². The smallest absolute Gasteiger partial charge is 0.251 e. The fraction of sp³-hybridized carbons (Fsp3) is 0.231. The number of benzene rings is 3. The van der Waals surface area contributed by atoms with Crippen molar-refractivity contribution in [1.29, 1.82) is 0 Å². The third-order valence-corrected chi connectivity index (χ3v) is 6.24. The third kappa shape index (κ3) is 4.53. The summed E-state index contributed by atoms with van der Waals surface area (Å²) in [6.45, 7) is 2.89. The van der Waals surface area contributed by atoms with Gasteiger partial charge in [-0.3, -0.25) is 14.5 Å². The second-order valence-electron chi connectivity index (χ2n) is 8.38. The summed E-state index contributed by atoms with van der Waals surface area (Å²) in [5.41, 5.74) is 3.00. The largest absolute Gasteiger partial charge is 0.508 e. The molecule has 8 heteroatoms. The lowest BCUT2D eigenvalue weighted by Gasteiger charge is -2.38. The van der Waals surface area contributed by atoms with Crippen LogP contribution in [0.25, 0.3) is 0 Å². The molecule has 2 saturated heterocycles. The number of carbonyl (C=O) groups is 2. The van der Waals surface area contributed by atoms with E-state index in [0.717, 1.165) is 24.5 Å². The van der Waals surface area contributed by atoms with Gasteiger partial charge >= 0.3 is 0 Å². The van der Waals surface area contributed by atoms with Gasteiger partial charge in [0.05, 0.1) is 29.5 Å². The zero-order valence-corrected chi connectivity index (χ0v) is 18.6. The van der Waals surface area contributed by atoms with Gasteiger partial charge < -0.3 is 10.0 Å². The van der Waals surface area contributed by atoms with E-state index in [-0.39, 0.29) is 24.0 Å². The maximum atomic E-state index is 13.2. The maximum Gasteiger partial charge on any atom is 0.251 e. The molecule has 5 rings (SSSR count). The maximum absolute atomic E-state index is 13.2. The number of aromatic hydroxyl groups is 1. The lowest BCUT2D eigenvalue weighted by molar-refractivity contribution is -0.123. The molecule has 172 valence electrons. The predicted octanol–water partition coefficient (Wildman–Crippen LogP) is 4.26. The van der Waals surface area contributed by atoms with Crippen LogP contribution in [-0.2, 0) is 9.59 Å². The zero-order valence-electron chi connectivity index (χ0n) is 18.6. The summed E-state index contributed by atoms with van der Waals surface area (Å²) in [5.74, 6) is -0.124. The number of anilines is 2. The number of azo groups is 1. The summed E-state index contributed by atoms with van der Waals surface area (Å²) in [4.78, 5) is 31.5. The van der Waals surface area contributed by atoms with Gasteiger partial charge in [0, 0.05) is 31.9 Å². The van der Waals surface area contributed by atoms with Crippen molar-refractivity contribution in [2.45, 2.75) is 12.5 Å². The molecule has 2 aliphatic heterocycles. The van der Waals surface area contributed by atoms with Gasteiger partial charge in [-0.1, -0.05) is 18.2 Å². The number of hydrogen-bond acceptors (Lipinski definition) is 7. The van der Waals surface area contributed by atoms with Crippen LogP contribution in [0.5, 0.6) is 5.75 Å². The molecule has 0 aromatic heterocycles. The quantitative estimate of drug-likeness (QED) is 0.459. The molecule has 34 heavy (non-hydrogen) atoms. The molecule has 2 amide bonds. The number of nitrogens with zero attached hydrogens (tertiary/aromatic N) is 5. The Morgan fingerprint density at radius 3 is 1.94 bits per heavy atom.